The quantitative estimate of drug-likeness (QED) is 0.700. The van der Waals surface area contributed by atoms with Crippen molar-refractivity contribution in [2.45, 2.75) is 13.2 Å². The molecule has 0 spiro atoms. The first kappa shape index (κ1) is 14.1. The largest absolute Gasteiger partial charge is 0.485 e. The summed E-state index contributed by atoms with van der Waals surface area (Å²) in [5.74, 6) is 0.763. The van der Waals surface area contributed by atoms with Gasteiger partial charge in [-0.3, -0.25) is 4.40 Å². The van der Waals surface area contributed by atoms with Crippen LogP contribution >= 0.6 is 43.2 Å². The van der Waals surface area contributed by atoms with E-state index in [-0.39, 0.29) is 0 Å². The van der Waals surface area contributed by atoms with Gasteiger partial charge in [0.15, 0.2) is 4.96 Å². The van der Waals surface area contributed by atoms with Gasteiger partial charge in [-0.2, -0.15) is 0 Å². The van der Waals surface area contributed by atoms with Gasteiger partial charge in [-0.05, 0) is 49.6 Å². The van der Waals surface area contributed by atoms with Crippen LogP contribution in [0.15, 0.2) is 38.9 Å². The lowest BCUT2D eigenvalue weighted by Gasteiger charge is -2.10. The number of thiazole rings is 1. The van der Waals surface area contributed by atoms with Gasteiger partial charge in [0.05, 0.1) is 14.6 Å². The van der Waals surface area contributed by atoms with Gasteiger partial charge in [-0.15, -0.1) is 11.3 Å². The molecule has 0 atom stereocenters. The average Bonchev–Trinajstić information content (AvgIpc) is 2.98. The zero-order valence-corrected chi connectivity index (χ0v) is 14.3. The van der Waals surface area contributed by atoms with E-state index in [0.717, 1.165) is 30.9 Å². The maximum absolute atomic E-state index is 5.85. The van der Waals surface area contributed by atoms with Crippen LogP contribution in [0.25, 0.3) is 4.96 Å². The number of nitrogens with two attached hydrogens (primary N) is 1. The predicted octanol–water partition coefficient (Wildman–Crippen LogP) is 3.96. The molecule has 0 unspecified atom stereocenters. The van der Waals surface area contributed by atoms with Crippen LogP contribution in [0.1, 0.15) is 11.3 Å². The molecule has 2 N–H and O–H groups in total. The van der Waals surface area contributed by atoms with E-state index < -0.39 is 0 Å². The van der Waals surface area contributed by atoms with Crippen molar-refractivity contribution in [3.63, 3.8) is 0 Å². The standard InChI is InChI=1S/C13H11Br2N3OS/c14-10-3-8(5-16)4-11(15)12(10)19-7-9-6-18-1-2-20-13(18)17-9/h1-4,6H,5,7,16H2. The highest BCUT2D eigenvalue weighted by atomic mass is 79.9. The van der Waals surface area contributed by atoms with Crippen molar-refractivity contribution in [3.05, 3.63) is 50.1 Å². The Morgan fingerprint density at radius 1 is 1.30 bits per heavy atom. The monoisotopic (exact) mass is 415 g/mol. The summed E-state index contributed by atoms with van der Waals surface area (Å²) in [5, 5.41) is 2.01. The van der Waals surface area contributed by atoms with Crippen molar-refractivity contribution in [1.29, 1.82) is 0 Å². The van der Waals surface area contributed by atoms with Crippen LogP contribution in [0, 0.1) is 0 Å². The van der Waals surface area contributed by atoms with Crippen molar-refractivity contribution in [2.75, 3.05) is 0 Å². The van der Waals surface area contributed by atoms with E-state index in [1.54, 1.807) is 11.3 Å². The van der Waals surface area contributed by atoms with Crippen molar-refractivity contribution >= 4 is 48.2 Å². The molecule has 7 heteroatoms. The van der Waals surface area contributed by atoms with Crippen LogP contribution in [-0.4, -0.2) is 9.38 Å². The van der Waals surface area contributed by atoms with Crippen LogP contribution < -0.4 is 10.5 Å². The van der Waals surface area contributed by atoms with Gasteiger partial charge in [0, 0.05) is 24.3 Å². The van der Waals surface area contributed by atoms with Gasteiger partial charge in [0.25, 0.3) is 0 Å². The van der Waals surface area contributed by atoms with Gasteiger partial charge in [0.2, 0.25) is 0 Å². The summed E-state index contributed by atoms with van der Waals surface area (Å²) in [6, 6.07) is 3.93. The fraction of sp³-hybridized carbons (Fsp3) is 0.154. The summed E-state index contributed by atoms with van der Waals surface area (Å²) in [6.45, 7) is 0.919. The van der Waals surface area contributed by atoms with Gasteiger partial charge in [-0.25, -0.2) is 4.98 Å². The highest BCUT2D eigenvalue weighted by Gasteiger charge is 2.10. The molecule has 1 aromatic carbocycles. The molecule has 0 bridgehead atoms. The van der Waals surface area contributed by atoms with E-state index in [2.05, 4.69) is 36.8 Å². The third-order valence-electron chi connectivity index (χ3n) is 2.80. The molecule has 0 aliphatic carbocycles. The van der Waals surface area contributed by atoms with Crippen molar-refractivity contribution in [3.8, 4) is 5.75 Å². The maximum atomic E-state index is 5.85. The summed E-state index contributed by atoms with van der Waals surface area (Å²) in [4.78, 5) is 5.46. The molecule has 20 heavy (non-hydrogen) atoms. The van der Waals surface area contributed by atoms with Gasteiger partial charge in [0.1, 0.15) is 12.4 Å². The second kappa shape index (κ2) is 5.85. The summed E-state index contributed by atoms with van der Waals surface area (Å²) in [5.41, 5.74) is 7.58. The molecule has 0 aliphatic heterocycles. The first-order chi connectivity index (χ1) is 9.67. The smallest absolute Gasteiger partial charge is 0.193 e. The summed E-state index contributed by atoms with van der Waals surface area (Å²) in [6.07, 6.45) is 3.96. The lowest BCUT2D eigenvalue weighted by atomic mass is 10.2. The number of halogens is 2. The Morgan fingerprint density at radius 3 is 2.70 bits per heavy atom. The molecule has 104 valence electrons. The second-order valence-electron chi connectivity index (χ2n) is 4.21. The van der Waals surface area contributed by atoms with Crippen molar-refractivity contribution in [2.24, 2.45) is 5.73 Å². The molecule has 3 rings (SSSR count). The first-order valence-electron chi connectivity index (χ1n) is 5.89. The number of hydrogen-bond acceptors (Lipinski definition) is 4. The van der Waals surface area contributed by atoms with E-state index in [1.165, 1.54) is 0 Å². The van der Waals surface area contributed by atoms with Crippen LogP contribution in [0.2, 0.25) is 0 Å². The molecule has 0 saturated carbocycles. The highest BCUT2D eigenvalue weighted by molar-refractivity contribution is 9.11. The molecule has 4 nitrogen and oxygen atoms in total. The first-order valence-corrected chi connectivity index (χ1v) is 8.36. The Bertz CT molecular complexity index is 701. The summed E-state index contributed by atoms with van der Waals surface area (Å²) >= 11 is 8.62. The Morgan fingerprint density at radius 2 is 2.05 bits per heavy atom. The molecule has 0 aliphatic rings. The molecule has 3 aromatic rings. The molecule has 0 fully saturated rings. The zero-order chi connectivity index (χ0) is 14.1. The van der Waals surface area contributed by atoms with E-state index in [1.807, 2.05) is 34.3 Å². The van der Waals surface area contributed by atoms with Crippen LogP contribution in [0.4, 0.5) is 0 Å². The highest BCUT2D eigenvalue weighted by Crippen LogP contribution is 2.35. The number of nitrogens with zero attached hydrogens (tertiary/aromatic N) is 2. The minimum Gasteiger partial charge on any atom is -0.485 e. The fourth-order valence-electron chi connectivity index (χ4n) is 1.86. The average molecular weight is 417 g/mol. The number of rotatable bonds is 4. The molecular formula is C13H11Br2N3OS. The molecule has 0 amide bonds. The van der Waals surface area contributed by atoms with E-state index in [9.17, 15) is 0 Å². The zero-order valence-electron chi connectivity index (χ0n) is 10.3. The number of fused-ring (bicyclic) bond motifs is 1. The molecule has 2 aromatic heterocycles. The topological polar surface area (TPSA) is 52.5 Å². The minimum absolute atomic E-state index is 0.424. The normalized spacial score (nSPS) is 11.2. The van der Waals surface area contributed by atoms with E-state index >= 15 is 0 Å². The van der Waals surface area contributed by atoms with E-state index in [0.29, 0.717) is 13.2 Å². The summed E-state index contributed by atoms with van der Waals surface area (Å²) in [7, 11) is 0. The Balaban J connectivity index is 1.79. The lowest BCUT2D eigenvalue weighted by Crippen LogP contribution is -2.00. The Labute approximate surface area is 136 Å². The van der Waals surface area contributed by atoms with Crippen LogP contribution in [0.5, 0.6) is 5.75 Å². The lowest BCUT2D eigenvalue weighted by molar-refractivity contribution is 0.298. The Hall–Kier alpha value is -0.890. The number of hydrogen-bond donors (Lipinski definition) is 1. The fourth-order valence-corrected chi connectivity index (χ4v) is 4.09. The predicted molar refractivity (Wildman–Crippen MR) is 87.1 cm³/mol. The Kier molecular flexibility index (Phi) is 4.11. The number of aromatic nitrogens is 2. The number of imidazole rings is 1. The maximum Gasteiger partial charge on any atom is 0.193 e. The minimum atomic E-state index is 0.424. The molecule has 0 saturated heterocycles. The van der Waals surface area contributed by atoms with Crippen molar-refractivity contribution in [1.82, 2.24) is 9.38 Å². The molecule has 0 radical (unpaired) electrons. The van der Waals surface area contributed by atoms with Crippen molar-refractivity contribution < 1.29 is 4.74 Å². The third kappa shape index (κ3) is 2.76. The SMILES string of the molecule is NCc1cc(Br)c(OCc2cn3ccsc3n2)c(Br)c1. The van der Waals surface area contributed by atoms with Gasteiger partial charge in [-0.1, -0.05) is 0 Å². The second-order valence-corrected chi connectivity index (χ2v) is 6.79. The van der Waals surface area contributed by atoms with E-state index in [4.69, 9.17) is 10.5 Å². The van der Waals surface area contributed by atoms with Crippen LogP contribution in [-0.2, 0) is 13.2 Å². The molecule has 2 heterocycles. The number of ether oxygens (including phenoxy) is 1. The number of benzene rings is 1. The van der Waals surface area contributed by atoms with Crippen LogP contribution in [0.3, 0.4) is 0 Å². The summed E-state index contributed by atoms with van der Waals surface area (Å²) < 4.78 is 9.60. The van der Waals surface area contributed by atoms with Gasteiger partial charge < -0.3 is 10.5 Å². The van der Waals surface area contributed by atoms with Gasteiger partial charge >= 0.3 is 0 Å². The molecular weight excluding hydrogens is 406 g/mol. The third-order valence-corrected chi connectivity index (χ3v) is 4.75.